The van der Waals surface area contributed by atoms with Gasteiger partial charge in [-0.3, -0.25) is 9.69 Å². The number of ether oxygens (including phenoxy) is 1. The molecular weight excluding hydrogens is 476 g/mol. The molecule has 36 heavy (non-hydrogen) atoms. The van der Waals surface area contributed by atoms with E-state index in [4.69, 9.17) is 22.1 Å². The summed E-state index contributed by atoms with van der Waals surface area (Å²) in [4.78, 5) is 23.3. The first-order chi connectivity index (χ1) is 17.6. The lowest BCUT2D eigenvalue weighted by Gasteiger charge is -2.15. The highest BCUT2D eigenvalue weighted by molar-refractivity contribution is 6.36. The van der Waals surface area contributed by atoms with Crippen LogP contribution in [0.3, 0.4) is 0 Å². The van der Waals surface area contributed by atoms with Gasteiger partial charge in [0, 0.05) is 39.9 Å². The third-order valence-corrected chi connectivity index (χ3v) is 6.49. The van der Waals surface area contributed by atoms with E-state index in [1.165, 1.54) is 19.0 Å². The van der Waals surface area contributed by atoms with Gasteiger partial charge in [0.05, 0.1) is 0 Å². The molecule has 3 aromatic carbocycles. The minimum atomic E-state index is -0.627. The average Bonchev–Trinajstić information content (AvgIpc) is 3.41. The number of nitrogens with zero attached hydrogens (tertiary/aromatic N) is 3. The Hall–Kier alpha value is -3.88. The van der Waals surface area contributed by atoms with E-state index in [1.807, 2.05) is 54.6 Å². The van der Waals surface area contributed by atoms with E-state index >= 15 is 0 Å². The Balaban J connectivity index is 1.31. The van der Waals surface area contributed by atoms with Crippen molar-refractivity contribution < 1.29 is 9.53 Å². The van der Waals surface area contributed by atoms with E-state index in [0.717, 1.165) is 47.5 Å². The largest absolute Gasteiger partial charge is 0.492 e. The van der Waals surface area contributed by atoms with Crippen LogP contribution in [0.1, 0.15) is 23.2 Å². The zero-order valence-corrected chi connectivity index (χ0v) is 20.5. The molecule has 0 saturated carbocycles. The summed E-state index contributed by atoms with van der Waals surface area (Å²) in [6.07, 6.45) is 3.96. The number of primary amides is 1. The molecule has 2 heterocycles. The van der Waals surface area contributed by atoms with Gasteiger partial charge < -0.3 is 21.1 Å². The van der Waals surface area contributed by atoms with Crippen LogP contribution in [0.4, 0.5) is 23.1 Å². The van der Waals surface area contributed by atoms with Crippen molar-refractivity contribution >= 4 is 51.4 Å². The Kier molecular flexibility index (Phi) is 7.16. The van der Waals surface area contributed by atoms with Gasteiger partial charge in [-0.2, -0.15) is 4.98 Å². The number of fused-ring (bicyclic) bond motifs is 1. The SMILES string of the molecule is NC(=O)c1cnc(Nc2ccc(OCCN3CCCC3)cc2)nc1Nc1ccc(Cl)c2ccccc12. The summed E-state index contributed by atoms with van der Waals surface area (Å²) >= 11 is 6.35. The molecule has 1 saturated heterocycles. The fourth-order valence-corrected chi connectivity index (χ4v) is 4.51. The molecule has 184 valence electrons. The Morgan fingerprint density at radius 2 is 1.75 bits per heavy atom. The van der Waals surface area contributed by atoms with Gasteiger partial charge in [-0.1, -0.05) is 35.9 Å². The Morgan fingerprint density at radius 1 is 1.00 bits per heavy atom. The maximum atomic E-state index is 12.1. The summed E-state index contributed by atoms with van der Waals surface area (Å²) in [5.41, 5.74) is 7.30. The van der Waals surface area contributed by atoms with Gasteiger partial charge in [0.2, 0.25) is 5.95 Å². The fraction of sp³-hybridized carbons (Fsp3) is 0.222. The summed E-state index contributed by atoms with van der Waals surface area (Å²) in [6.45, 7) is 3.93. The van der Waals surface area contributed by atoms with E-state index in [9.17, 15) is 4.79 Å². The van der Waals surface area contributed by atoms with Gasteiger partial charge >= 0.3 is 0 Å². The van der Waals surface area contributed by atoms with Crippen molar-refractivity contribution in [2.75, 3.05) is 36.9 Å². The topological polar surface area (TPSA) is 105 Å². The van der Waals surface area contributed by atoms with Crippen molar-refractivity contribution in [2.45, 2.75) is 12.8 Å². The maximum Gasteiger partial charge on any atom is 0.254 e. The molecule has 1 aromatic heterocycles. The van der Waals surface area contributed by atoms with Gasteiger partial charge in [0.25, 0.3) is 5.91 Å². The molecule has 0 aliphatic carbocycles. The molecule has 1 amide bonds. The van der Waals surface area contributed by atoms with Crippen LogP contribution in [0.2, 0.25) is 5.02 Å². The van der Waals surface area contributed by atoms with Crippen LogP contribution in [0.25, 0.3) is 10.8 Å². The molecular formula is C27H27ClN6O2. The van der Waals surface area contributed by atoms with Gasteiger partial charge in [-0.05, 0) is 62.3 Å². The predicted molar refractivity (Wildman–Crippen MR) is 144 cm³/mol. The number of anilines is 4. The number of rotatable bonds is 9. The number of nitrogens with one attached hydrogen (secondary N) is 2. The van der Waals surface area contributed by atoms with E-state index in [-0.39, 0.29) is 5.56 Å². The quantitative estimate of drug-likeness (QED) is 0.283. The van der Waals surface area contributed by atoms with E-state index in [2.05, 4.69) is 25.5 Å². The van der Waals surface area contributed by atoms with Crippen LogP contribution in [-0.2, 0) is 0 Å². The zero-order chi connectivity index (χ0) is 24.9. The molecule has 0 radical (unpaired) electrons. The molecule has 1 fully saturated rings. The molecule has 4 aromatic rings. The van der Waals surface area contributed by atoms with Crippen LogP contribution >= 0.6 is 11.6 Å². The highest BCUT2D eigenvalue weighted by atomic mass is 35.5. The minimum absolute atomic E-state index is 0.182. The van der Waals surface area contributed by atoms with Gasteiger partial charge in [0.15, 0.2) is 0 Å². The fourth-order valence-electron chi connectivity index (χ4n) is 4.28. The van der Waals surface area contributed by atoms with E-state index in [1.54, 1.807) is 6.07 Å². The molecule has 8 nitrogen and oxygen atoms in total. The van der Waals surface area contributed by atoms with Crippen LogP contribution < -0.4 is 21.1 Å². The summed E-state index contributed by atoms with van der Waals surface area (Å²) < 4.78 is 5.87. The van der Waals surface area contributed by atoms with Gasteiger partial charge in [0.1, 0.15) is 23.7 Å². The van der Waals surface area contributed by atoms with Gasteiger partial charge in [-0.15, -0.1) is 0 Å². The second-order valence-corrected chi connectivity index (χ2v) is 9.04. The van der Waals surface area contributed by atoms with Crippen molar-refractivity contribution in [1.82, 2.24) is 14.9 Å². The number of hydrogen-bond donors (Lipinski definition) is 3. The Morgan fingerprint density at radius 3 is 2.50 bits per heavy atom. The van der Waals surface area contributed by atoms with Crippen LogP contribution in [0.5, 0.6) is 5.75 Å². The maximum absolute atomic E-state index is 12.1. The van der Waals surface area contributed by atoms with Crippen molar-refractivity contribution in [3.05, 3.63) is 77.4 Å². The number of nitrogens with two attached hydrogens (primary N) is 1. The minimum Gasteiger partial charge on any atom is -0.492 e. The summed E-state index contributed by atoms with van der Waals surface area (Å²) in [7, 11) is 0. The van der Waals surface area contributed by atoms with Crippen molar-refractivity contribution in [2.24, 2.45) is 5.73 Å². The number of likely N-dealkylation sites (tertiary alicyclic amines) is 1. The monoisotopic (exact) mass is 502 g/mol. The summed E-state index contributed by atoms with van der Waals surface area (Å²) in [5, 5.41) is 8.83. The molecule has 0 spiro atoms. The molecule has 9 heteroatoms. The Bertz CT molecular complexity index is 1370. The second kappa shape index (κ2) is 10.8. The number of benzene rings is 3. The first kappa shape index (κ1) is 23.8. The molecule has 4 N–H and O–H groups in total. The number of amides is 1. The lowest BCUT2D eigenvalue weighted by molar-refractivity contribution is 0.100. The number of carbonyl (C=O) groups is 1. The summed E-state index contributed by atoms with van der Waals surface area (Å²) in [6, 6.07) is 19.0. The first-order valence-electron chi connectivity index (χ1n) is 11.9. The number of halogens is 1. The molecule has 1 aliphatic heterocycles. The number of aromatic nitrogens is 2. The van der Waals surface area contributed by atoms with E-state index in [0.29, 0.717) is 23.4 Å². The number of carbonyl (C=O) groups excluding carboxylic acids is 1. The Labute approximate surface area is 214 Å². The zero-order valence-electron chi connectivity index (χ0n) is 19.7. The highest BCUT2D eigenvalue weighted by Crippen LogP contribution is 2.32. The molecule has 0 atom stereocenters. The standard InChI is InChI=1S/C27H27ClN6O2/c28-23-11-12-24(21-6-2-1-5-20(21)23)32-26-22(25(29)35)17-30-27(33-26)31-18-7-9-19(10-8-18)36-16-15-34-13-3-4-14-34/h1-2,5-12,17H,3-4,13-16H2,(H2,29,35)(H2,30,31,32,33). The lowest BCUT2D eigenvalue weighted by atomic mass is 10.1. The molecule has 0 unspecified atom stereocenters. The second-order valence-electron chi connectivity index (χ2n) is 8.63. The van der Waals surface area contributed by atoms with Crippen LogP contribution in [-0.4, -0.2) is 47.0 Å². The first-order valence-corrected chi connectivity index (χ1v) is 12.3. The van der Waals surface area contributed by atoms with Crippen molar-refractivity contribution in [3.63, 3.8) is 0 Å². The third kappa shape index (κ3) is 5.50. The molecule has 0 bridgehead atoms. The normalized spacial score (nSPS) is 13.6. The van der Waals surface area contributed by atoms with E-state index < -0.39 is 5.91 Å². The molecule has 1 aliphatic rings. The predicted octanol–water partition coefficient (Wildman–Crippen LogP) is 5.34. The average molecular weight is 503 g/mol. The van der Waals surface area contributed by atoms with Gasteiger partial charge in [-0.25, -0.2) is 4.98 Å². The van der Waals surface area contributed by atoms with Crippen molar-refractivity contribution in [1.29, 1.82) is 0 Å². The third-order valence-electron chi connectivity index (χ3n) is 6.16. The highest BCUT2D eigenvalue weighted by Gasteiger charge is 2.15. The van der Waals surface area contributed by atoms with Crippen molar-refractivity contribution in [3.8, 4) is 5.75 Å². The number of hydrogen-bond acceptors (Lipinski definition) is 7. The van der Waals surface area contributed by atoms with Crippen LogP contribution in [0.15, 0.2) is 66.9 Å². The smallest absolute Gasteiger partial charge is 0.254 e. The van der Waals surface area contributed by atoms with Crippen LogP contribution in [0, 0.1) is 0 Å². The molecule has 5 rings (SSSR count). The summed E-state index contributed by atoms with van der Waals surface area (Å²) in [5.74, 6) is 0.803. The lowest BCUT2D eigenvalue weighted by Crippen LogP contribution is -2.25.